The molecule has 1 atom stereocenters. The fraction of sp³-hybridized carbons (Fsp3) is 0.562. The van der Waals surface area contributed by atoms with Crippen molar-refractivity contribution < 1.29 is 17.6 Å². The van der Waals surface area contributed by atoms with E-state index in [-0.39, 0.29) is 18.2 Å². The third-order valence-electron chi connectivity index (χ3n) is 3.48. The summed E-state index contributed by atoms with van der Waals surface area (Å²) in [7, 11) is -3.16. The van der Waals surface area contributed by atoms with E-state index >= 15 is 0 Å². The summed E-state index contributed by atoms with van der Waals surface area (Å²) in [6, 6.07) is 5.92. The molecule has 1 aromatic carbocycles. The third kappa shape index (κ3) is 5.40. The lowest BCUT2D eigenvalue weighted by Crippen LogP contribution is -2.49. The first kappa shape index (κ1) is 18.6. The van der Waals surface area contributed by atoms with E-state index in [1.807, 2.05) is 20.8 Å². The molecule has 0 fully saturated rings. The summed E-state index contributed by atoms with van der Waals surface area (Å²) in [5.41, 5.74) is 0.0715. The Hall–Kier alpha value is -1.43. The minimum atomic E-state index is -3.16. The van der Waals surface area contributed by atoms with Crippen LogP contribution >= 0.6 is 0 Å². The Morgan fingerprint density at radius 3 is 2.36 bits per heavy atom. The van der Waals surface area contributed by atoms with Crippen LogP contribution in [-0.2, 0) is 14.6 Å². The minimum Gasteiger partial charge on any atom is -0.336 e. The van der Waals surface area contributed by atoms with Gasteiger partial charge in [0.25, 0.3) is 0 Å². The highest BCUT2D eigenvalue weighted by Crippen LogP contribution is 2.23. The van der Waals surface area contributed by atoms with Gasteiger partial charge in [-0.3, -0.25) is 4.79 Å². The van der Waals surface area contributed by atoms with Crippen molar-refractivity contribution in [2.24, 2.45) is 0 Å². The second kappa shape index (κ2) is 6.77. The zero-order chi connectivity index (χ0) is 17.1. The fourth-order valence-corrected chi connectivity index (χ4v) is 2.70. The van der Waals surface area contributed by atoms with Crippen molar-refractivity contribution in [3.63, 3.8) is 0 Å². The standard InChI is InChI=1S/C16H24FNO3S/c1-12(13-7-6-8-14(17)11-13)15(19)18(16(2,3)4)9-10-22(5,20)21/h6-8,11-12H,9-10H2,1-5H3/t12-/m1/s1. The molecule has 22 heavy (non-hydrogen) atoms. The van der Waals surface area contributed by atoms with Gasteiger partial charge >= 0.3 is 0 Å². The molecule has 4 nitrogen and oxygen atoms in total. The lowest BCUT2D eigenvalue weighted by molar-refractivity contribution is -0.136. The molecule has 1 rings (SSSR count). The molecule has 0 aliphatic carbocycles. The zero-order valence-electron chi connectivity index (χ0n) is 13.8. The summed E-state index contributed by atoms with van der Waals surface area (Å²) >= 11 is 0. The van der Waals surface area contributed by atoms with Crippen molar-refractivity contribution in [2.75, 3.05) is 18.6 Å². The molecule has 0 radical (unpaired) electrons. The largest absolute Gasteiger partial charge is 0.336 e. The summed E-state index contributed by atoms with van der Waals surface area (Å²) in [4.78, 5) is 14.3. The van der Waals surface area contributed by atoms with E-state index < -0.39 is 27.1 Å². The number of nitrogens with zero attached hydrogens (tertiary/aromatic N) is 1. The number of sulfone groups is 1. The van der Waals surface area contributed by atoms with Gasteiger partial charge in [0, 0.05) is 18.3 Å². The highest BCUT2D eigenvalue weighted by molar-refractivity contribution is 7.90. The first-order chi connectivity index (χ1) is 9.92. The molecule has 0 aromatic heterocycles. The molecule has 0 bridgehead atoms. The molecule has 0 unspecified atom stereocenters. The van der Waals surface area contributed by atoms with E-state index in [0.29, 0.717) is 5.56 Å². The summed E-state index contributed by atoms with van der Waals surface area (Å²) in [6.07, 6.45) is 1.15. The molecule has 0 N–H and O–H groups in total. The predicted octanol–water partition coefficient (Wildman–Crippen LogP) is 2.60. The molecule has 1 amide bonds. The molecule has 0 aliphatic rings. The smallest absolute Gasteiger partial charge is 0.230 e. The fourth-order valence-electron chi connectivity index (χ4n) is 2.19. The average molecular weight is 329 g/mol. The summed E-state index contributed by atoms with van der Waals surface area (Å²) in [5.74, 6) is -1.22. The van der Waals surface area contributed by atoms with Crippen LogP contribution in [0.15, 0.2) is 24.3 Å². The lowest BCUT2D eigenvalue weighted by atomic mass is 9.96. The van der Waals surface area contributed by atoms with Gasteiger partial charge in [0.2, 0.25) is 5.91 Å². The Balaban J connectivity index is 3.01. The van der Waals surface area contributed by atoms with E-state index in [1.54, 1.807) is 24.0 Å². The first-order valence-corrected chi connectivity index (χ1v) is 9.22. The molecule has 124 valence electrons. The molecular formula is C16H24FNO3S. The number of carbonyl (C=O) groups excluding carboxylic acids is 1. The van der Waals surface area contributed by atoms with Gasteiger partial charge in [-0.15, -0.1) is 0 Å². The molecular weight excluding hydrogens is 305 g/mol. The normalized spacial score (nSPS) is 13.7. The topological polar surface area (TPSA) is 54.5 Å². The molecule has 6 heteroatoms. The van der Waals surface area contributed by atoms with E-state index in [2.05, 4.69) is 0 Å². The lowest BCUT2D eigenvalue weighted by Gasteiger charge is -2.37. The van der Waals surface area contributed by atoms with Gasteiger partial charge in [0.1, 0.15) is 15.7 Å². The maximum Gasteiger partial charge on any atom is 0.230 e. The second-order valence-corrected chi connectivity index (χ2v) is 8.83. The van der Waals surface area contributed by atoms with Crippen LogP contribution in [-0.4, -0.2) is 43.3 Å². The molecule has 0 aliphatic heterocycles. The third-order valence-corrected chi connectivity index (χ3v) is 4.40. The van der Waals surface area contributed by atoms with Crippen molar-refractivity contribution in [1.29, 1.82) is 0 Å². The molecule has 0 saturated heterocycles. The Kier molecular flexibility index (Phi) is 5.73. The number of hydrogen-bond acceptors (Lipinski definition) is 3. The van der Waals surface area contributed by atoms with Crippen LogP contribution in [0.25, 0.3) is 0 Å². The Bertz CT molecular complexity index is 635. The number of halogens is 1. The summed E-state index contributed by atoms with van der Waals surface area (Å²) < 4.78 is 36.1. The quantitative estimate of drug-likeness (QED) is 0.834. The molecule has 0 saturated carbocycles. The number of amides is 1. The zero-order valence-corrected chi connectivity index (χ0v) is 14.6. The number of carbonyl (C=O) groups is 1. The van der Waals surface area contributed by atoms with Crippen molar-refractivity contribution in [3.05, 3.63) is 35.6 Å². The second-order valence-electron chi connectivity index (χ2n) is 6.57. The van der Waals surface area contributed by atoms with Crippen LogP contribution in [0.3, 0.4) is 0 Å². The minimum absolute atomic E-state index is 0.0914. The highest BCUT2D eigenvalue weighted by atomic mass is 32.2. The molecule has 1 aromatic rings. The van der Waals surface area contributed by atoms with Crippen LogP contribution in [0.4, 0.5) is 4.39 Å². The molecule has 0 heterocycles. The highest BCUT2D eigenvalue weighted by Gasteiger charge is 2.31. The van der Waals surface area contributed by atoms with Gasteiger partial charge in [-0.1, -0.05) is 12.1 Å². The monoisotopic (exact) mass is 329 g/mol. The number of benzene rings is 1. The maximum absolute atomic E-state index is 13.3. The average Bonchev–Trinajstić information content (AvgIpc) is 2.34. The van der Waals surface area contributed by atoms with Gasteiger partial charge in [0.05, 0.1) is 11.7 Å². The van der Waals surface area contributed by atoms with Crippen LogP contribution in [0.2, 0.25) is 0 Å². The van der Waals surface area contributed by atoms with Crippen LogP contribution in [0.1, 0.15) is 39.2 Å². The summed E-state index contributed by atoms with van der Waals surface area (Å²) in [5, 5.41) is 0. The van der Waals surface area contributed by atoms with Gasteiger partial charge in [-0.05, 0) is 45.4 Å². The molecule has 0 spiro atoms. The Morgan fingerprint density at radius 1 is 1.32 bits per heavy atom. The first-order valence-electron chi connectivity index (χ1n) is 7.16. The van der Waals surface area contributed by atoms with Crippen LogP contribution in [0.5, 0.6) is 0 Å². The van der Waals surface area contributed by atoms with Gasteiger partial charge in [-0.2, -0.15) is 0 Å². The van der Waals surface area contributed by atoms with Crippen molar-refractivity contribution in [3.8, 4) is 0 Å². The number of hydrogen-bond donors (Lipinski definition) is 0. The van der Waals surface area contributed by atoms with E-state index in [0.717, 1.165) is 6.26 Å². The van der Waals surface area contributed by atoms with Gasteiger partial charge < -0.3 is 4.90 Å². The van der Waals surface area contributed by atoms with E-state index in [4.69, 9.17) is 0 Å². The number of rotatable bonds is 5. The van der Waals surface area contributed by atoms with Crippen LogP contribution < -0.4 is 0 Å². The summed E-state index contributed by atoms with van der Waals surface area (Å²) in [6.45, 7) is 7.39. The van der Waals surface area contributed by atoms with Crippen molar-refractivity contribution in [1.82, 2.24) is 4.90 Å². The van der Waals surface area contributed by atoms with Crippen molar-refractivity contribution in [2.45, 2.75) is 39.2 Å². The maximum atomic E-state index is 13.3. The predicted molar refractivity (Wildman–Crippen MR) is 86.0 cm³/mol. The SMILES string of the molecule is C[C@@H](C(=O)N(CCS(C)(=O)=O)C(C)(C)C)c1cccc(F)c1. The van der Waals surface area contributed by atoms with Crippen molar-refractivity contribution >= 4 is 15.7 Å². The van der Waals surface area contributed by atoms with E-state index in [1.165, 1.54) is 12.1 Å². The van der Waals surface area contributed by atoms with Gasteiger partial charge in [-0.25, -0.2) is 12.8 Å². The van der Waals surface area contributed by atoms with Crippen LogP contribution in [0, 0.1) is 5.82 Å². The Labute approximate surface area is 132 Å². The van der Waals surface area contributed by atoms with E-state index in [9.17, 15) is 17.6 Å². The Morgan fingerprint density at radius 2 is 1.91 bits per heavy atom. The van der Waals surface area contributed by atoms with Gasteiger partial charge in [0.15, 0.2) is 0 Å².